The highest BCUT2D eigenvalue weighted by atomic mass is 16.5. The molecule has 0 saturated heterocycles. The lowest BCUT2D eigenvalue weighted by Crippen LogP contribution is -2.38. The molecule has 0 spiro atoms. The molecule has 0 saturated carbocycles. The molecule has 0 atom stereocenters. The highest BCUT2D eigenvalue weighted by Gasteiger charge is 2.09. The van der Waals surface area contributed by atoms with Crippen LogP contribution in [0.15, 0.2) is 30.3 Å². The number of anilines is 1. The Morgan fingerprint density at radius 2 is 2.00 bits per heavy atom. The van der Waals surface area contributed by atoms with Crippen molar-refractivity contribution >= 4 is 23.6 Å². The highest BCUT2D eigenvalue weighted by molar-refractivity contribution is 5.94. The summed E-state index contributed by atoms with van der Waals surface area (Å²) in [6, 6.07) is 7.15. The van der Waals surface area contributed by atoms with Gasteiger partial charge in [-0.2, -0.15) is 0 Å². The van der Waals surface area contributed by atoms with E-state index in [4.69, 9.17) is 10.5 Å². The van der Waals surface area contributed by atoms with Crippen molar-refractivity contribution in [1.82, 2.24) is 10.2 Å². The Labute approximate surface area is 124 Å². The Morgan fingerprint density at radius 1 is 1.33 bits per heavy atom. The molecule has 0 heterocycles. The first-order valence-corrected chi connectivity index (χ1v) is 6.57. The fourth-order valence-electron chi connectivity index (χ4n) is 1.54. The number of hydrogen-bond donors (Lipinski definition) is 2. The maximum atomic E-state index is 11.9. The van der Waals surface area contributed by atoms with Crippen LogP contribution in [0.3, 0.4) is 0 Å². The number of hydrogen-bond acceptors (Lipinski definition) is 4. The number of nitrogen functional groups attached to an aromatic ring is 1. The van der Waals surface area contributed by atoms with Gasteiger partial charge in [0.25, 0.3) is 0 Å². The van der Waals surface area contributed by atoms with Crippen LogP contribution in [0.5, 0.6) is 0 Å². The van der Waals surface area contributed by atoms with Gasteiger partial charge in [-0.25, -0.2) is 0 Å². The Kier molecular flexibility index (Phi) is 6.97. The molecular weight excluding hydrogens is 270 g/mol. The highest BCUT2D eigenvalue weighted by Crippen LogP contribution is 2.07. The van der Waals surface area contributed by atoms with Crippen molar-refractivity contribution in [2.24, 2.45) is 0 Å². The predicted molar refractivity (Wildman–Crippen MR) is 82.4 cm³/mol. The summed E-state index contributed by atoms with van der Waals surface area (Å²) < 4.78 is 4.83. The number of nitrogens with zero attached hydrogens (tertiary/aromatic N) is 1. The molecule has 1 aromatic carbocycles. The van der Waals surface area contributed by atoms with Crippen LogP contribution in [0.2, 0.25) is 0 Å². The smallest absolute Gasteiger partial charge is 0.246 e. The van der Waals surface area contributed by atoms with Crippen LogP contribution >= 0.6 is 0 Å². The van der Waals surface area contributed by atoms with E-state index >= 15 is 0 Å². The van der Waals surface area contributed by atoms with Crippen LogP contribution in [-0.2, 0) is 14.3 Å². The molecule has 1 rings (SSSR count). The second-order valence-corrected chi connectivity index (χ2v) is 4.54. The van der Waals surface area contributed by atoms with Crippen molar-refractivity contribution in [3.8, 4) is 0 Å². The molecule has 6 heteroatoms. The summed E-state index contributed by atoms with van der Waals surface area (Å²) in [5.41, 5.74) is 7.12. The quantitative estimate of drug-likeness (QED) is 0.435. The largest absolute Gasteiger partial charge is 0.399 e. The fourth-order valence-corrected chi connectivity index (χ4v) is 1.54. The average Bonchev–Trinajstić information content (AvgIpc) is 2.46. The molecule has 0 fully saturated rings. The van der Waals surface area contributed by atoms with E-state index in [0.717, 1.165) is 5.56 Å². The van der Waals surface area contributed by atoms with E-state index in [1.54, 1.807) is 32.4 Å². The number of ether oxygens (including phenoxy) is 1. The Bertz CT molecular complexity index is 497. The van der Waals surface area contributed by atoms with Gasteiger partial charge >= 0.3 is 0 Å². The standard InChI is InChI=1S/C15H21N3O3/c1-18(11-14(19)17-9-10-21-2)15(20)8-5-12-3-6-13(16)7-4-12/h3-8H,9-11,16H2,1-2H3,(H,17,19)/b8-5+. The normalized spacial score (nSPS) is 10.6. The molecule has 114 valence electrons. The summed E-state index contributed by atoms with van der Waals surface area (Å²) in [5.74, 6) is -0.461. The maximum Gasteiger partial charge on any atom is 0.246 e. The van der Waals surface area contributed by atoms with E-state index in [1.165, 1.54) is 11.0 Å². The number of nitrogens with two attached hydrogens (primary N) is 1. The van der Waals surface area contributed by atoms with E-state index in [-0.39, 0.29) is 18.4 Å². The van der Waals surface area contributed by atoms with E-state index in [9.17, 15) is 9.59 Å². The van der Waals surface area contributed by atoms with Gasteiger partial charge < -0.3 is 20.7 Å². The second-order valence-electron chi connectivity index (χ2n) is 4.54. The summed E-state index contributed by atoms with van der Waals surface area (Å²) >= 11 is 0. The molecule has 0 aliphatic rings. The Hall–Kier alpha value is -2.34. The molecule has 2 amide bonds. The molecule has 1 aromatic rings. The number of likely N-dealkylation sites (N-methyl/N-ethyl adjacent to an activating group) is 1. The van der Waals surface area contributed by atoms with Gasteiger partial charge in [-0.05, 0) is 23.8 Å². The predicted octanol–water partition coefficient (Wildman–Crippen LogP) is 0.503. The zero-order chi connectivity index (χ0) is 15.7. The summed E-state index contributed by atoms with van der Waals surface area (Å²) in [5, 5.41) is 2.65. The first-order chi connectivity index (χ1) is 10.0. The summed E-state index contributed by atoms with van der Waals surface area (Å²) in [6.45, 7) is 0.883. The summed E-state index contributed by atoms with van der Waals surface area (Å²) in [6.07, 6.45) is 3.11. The number of amides is 2. The third kappa shape index (κ3) is 6.58. The monoisotopic (exact) mass is 291 g/mol. The second kappa shape index (κ2) is 8.76. The molecule has 6 nitrogen and oxygen atoms in total. The van der Waals surface area contributed by atoms with Crippen LogP contribution in [0, 0.1) is 0 Å². The molecule has 3 N–H and O–H groups in total. The lowest BCUT2D eigenvalue weighted by Gasteiger charge is -2.14. The first-order valence-electron chi connectivity index (χ1n) is 6.57. The lowest BCUT2D eigenvalue weighted by atomic mass is 10.2. The maximum absolute atomic E-state index is 11.9. The molecule has 21 heavy (non-hydrogen) atoms. The minimum Gasteiger partial charge on any atom is -0.399 e. The van der Waals surface area contributed by atoms with Crippen LogP contribution in [-0.4, -0.2) is 50.6 Å². The van der Waals surface area contributed by atoms with Crippen LogP contribution in [0.25, 0.3) is 6.08 Å². The summed E-state index contributed by atoms with van der Waals surface area (Å²) in [7, 11) is 3.13. The number of rotatable bonds is 7. The fraction of sp³-hybridized carbons (Fsp3) is 0.333. The van der Waals surface area contributed by atoms with Crippen molar-refractivity contribution in [2.45, 2.75) is 0 Å². The number of methoxy groups -OCH3 is 1. The van der Waals surface area contributed by atoms with Crippen molar-refractivity contribution in [3.63, 3.8) is 0 Å². The molecule has 0 aliphatic carbocycles. The minimum atomic E-state index is -0.242. The molecule has 0 radical (unpaired) electrons. The van der Waals surface area contributed by atoms with Gasteiger partial charge in [0.15, 0.2) is 0 Å². The van der Waals surface area contributed by atoms with Gasteiger partial charge in [0, 0.05) is 32.5 Å². The van der Waals surface area contributed by atoms with E-state index in [1.807, 2.05) is 12.1 Å². The van der Waals surface area contributed by atoms with Gasteiger partial charge in [0.2, 0.25) is 11.8 Å². The van der Waals surface area contributed by atoms with Crippen LogP contribution in [0.1, 0.15) is 5.56 Å². The van der Waals surface area contributed by atoms with E-state index in [2.05, 4.69) is 5.32 Å². The SMILES string of the molecule is COCCNC(=O)CN(C)C(=O)/C=C/c1ccc(N)cc1. The number of carbonyl (C=O) groups excluding carboxylic acids is 2. The van der Waals surface area contributed by atoms with Crippen molar-refractivity contribution in [2.75, 3.05) is 39.6 Å². The molecule has 0 aliphatic heterocycles. The zero-order valence-electron chi connectivity index (χ0n) is 12.3. The number of benzene rings is 1. The molecule has 0 bridgehead atoms. The zero-order valence-corrected chi connectivity index (χ0v) is 12.3. The lowest BCUT2D eigenvalue weighted by molar-refractivity contribution is -0.131. The topological polar surface area (TPSA) is 84.7 Å². The van der Waals surface area contributed by atoms with Crippen molar-refractivity contribution in [1.29, 1.82) is 0 Å². The van der Waals surface area contributed by atoms with Crippen molar-refractivity contribution < 1.29 is 14.3 Å². The molecular formula is C15H21N3O3. The van der Waals surface area contributed by atoms with Gasteiger partial charge in [-0.3, -0.25) is 9.59 Å². The van der Waals surface area contributed by atoms with Gasteiger partial charge in [0.05, 0.1) is 13.2 Å². The Balaban J connectivity index is 2.43. The average molecular weight is 291 g/mol. The van der Waals surface area contributed by atoms with Crippen LogP contribution in [0.4, 0.5) is 5.69 Å². The molecule has 0 aromatic heterocycles. The number of carbonyl (C=O) groups is 2. The first kappa shape index (κ1) is 16.7. The third-order valence-corrected chi connectivity index (χ3v) is 2.74. The van der Waals surface area contributed by atoms with E-state index < -0.39 is 0 Å². The third-order valence-electron chi connectivity index (χ3n) is 2.74. The van der Waals surface area contributed by atoms with Gasteiger partial charge in [-0.1, -0.05) is 12.1 Å². The van der Waals surface area contributed by atoms with E-state index in [0.29, 0.717) is 18.8 Å². The minimum absolute atomic E-state index is 0.00856. The Morgan fingerprint density at radius 3 is 2.62 bits per heavy atom. The molecule has 0 unspecified atom stereocenters. The van der Waals surface area contributed by atoms with Crippen molar-refractivity contribution in [3.05, 3.63) is 35.9 Å². The van der Waals surface area contributed by atoms with Gasteiger partial charge in [0.1, 0.15) is 0 Å². The summed E-state index contributed by atoms with van der Waals surface area (Å²) in [4.78, 5) is 24.7. The van der Waals surface area contributed by atoms with Crippen LogP contribution < -0.4 is 11.1 Å². The van der Waals surface area contributed by atoms with Gasteiger partial charge in [-0.15, -0.1) is 0 Å². The number of nitrogens with one attached hydrogen (secondary N) is 1.